The van der Waals surface area contributed by atoms with Crippen LogP contribution in [0.5, 0.6) is 0 Å². The van der Waals surface area contributed by atoms with Crippen molar-refractivity contribution < 1.29 is 14.0 Å². The topological polar surface area (TPSA) is 50.8 Å². The average Bonchev–Trinajstić information content (AvgIpc) is 2.81. The Morgan fingerprint density at radius 1 is 0.971 bits per heavy atom. The van der Waals surface area contributed by atoms with Gasteiger partial charge in [0.25, 0.3) is 0 Å². The maximum Gasteiger partial charge on any atom is 0.322 e. The molecule has 194 valence electrons. The highest BCUT2D eigenvalue weighted by atomic mass is 28.4. The molecule has 0 heterocycles. The fraction of sp³-hybridized carbons (Fsp3) is 0.552. The fourth-order valence-electron chi connectivity index (χ4n) is 3.69. The zero-order chi connectivity index (χ0) is 25.9. The summed E-state index contributed by atoms with van der Waals surface area (Å²) >= 11 is 0. The number of nitrogens with zero attached hydrogens (tertiary/aromatic N) is 1. The second-order valence-corrected chi connectivity index (χ2v) is 15.6. The van der Waals surface area contributed by atoms with Gasteiger partial charge in [-0.05, 0) is 49.5 Å². The summed E-state index contributed by atoms with van der Waals surface area (Å²) in [7, 11) is -1.84. The van der Waals surface area contributed by atoms with Gasteiger partial charge in [0, 0.05) is 32.3 Å². The molecule has 2 aromatic carbocycles. The second kappa shape index (κ2) is 13.9. The number of esters is 1. The Morgan fingerprint density at radius 3 is 1.94 bits per heavy atom. The van der Waals surface area contributed by atoms with Crippen LogP contribution in [0.15, 0.2) is 60.7 Å². The maximum absolute atomic E-state index is 12.2. The molecule has 0 fully saturated rings. The van der Waals surface area contributed by atoms with Crippen LogP contribution in [0.4, 0.5) is 0 Å². The minimum Gasteiger partial charge on any atom is -0.465 e. The molecule has 0 aliphatic rings. The van der Waals surface area contributed by atoms with Crippen LogP contribution in [0.2, 0.25) is 18.1 Å². The van der Waals surface area contributed by atoms with E-state index in [9.17, 15) is 4.79 Å². The molecule has 0 radical (unpaired) electrons. The summed E-state index contributed by atoms with van der Waals surface area (Å²) in [6.07, 6.45) is 0.884. The van der Waals surface area contributed by atoms with Crippen LogP contribution in [-0.4, -0.2) is 51.0 Å². The summed E-state index contributed by atoms with van der Waals surface area (Å²) in [5.74, 6) is -0.207. The minimum atomic E-state index is -1.84. The van der Waals surface area contributed by atoms with Gasteiger partial charge in [-0.3, -0.25) is 9.69 Å². The highest BCUT2D eigenvalue weighted by molar-refractivity contribution is 6.74. The summed E-state index contributed by atoms with van der Waals surface area (Å²) in [6, 6.07) is 21.0. The lowest BCUT2D eigenvalue weighted by atomic mass is 10.1. The number of benzene rings is 2. The van der Waals surface area contributed by atoms with E-state index in [1.807, 2.05) is 13.8 Å². The molecule has 5 nitrogen and oxygen atoms in total. The second-order valence-electron chi connectivity index (χ2n) is 10.8. The Hall–Kier alpha value is -1.99. The van der Waals surface area contributed by atoms with Crippen molar-refractivity contribution in [1.29, 1.82) is 0 Å². The van der Waals surface area contributed by atoms with Crippen molar-refractivity contribution in [2.45, 2.75) is 84.3 Å². The highest BCUT2D eigenvalue weighted by Gasteiger charge is 2.37. The molecule has 0 aliphatic carbocycles. The van der Waals surface area contributed by atoms with Gasteiger partial charge in [-0.15, -0.1) is 0 Å². The van der Waals surface area contributed by atoms with Gasteiger partial charge in [0.1, 0.15) is 6.04 Å². The van der Waals surface area contributed by atoms with Gasteiger partial charge < -0.3 is 14.5 Å². The van der Waals surface area contributed by atoms with E-state index in [-0.39, 0.29) is 23.1 Å². The number of ether oxygens (including phenoxy) is 1. The number of rotatable bonds is 14. The lowest BCUT2D eigenvalue weighted by Crippen LogP contribution is -2.47. The molecule has 0 saturated heterocycles. The first kappa shape index (κ1) is 29.2. The zero-order valence-electron chi connectivity index (χ0n) is 22.8. The smallest absolute Gasteiger partial charge is 0.322 e. The Kier molecular flexibility index (Phi) is 11.6. The van der Waals surface area contributed by atoms with Gasteiger partial charge in [0.05, 0.1) is 6.61 Å². The molecule has 6 heteroatoms. The quantitative estimate of drug-likeness (QED) is 0.255. The molecule has 2 atom stereocenters. The predicted molar refractivity (Wildman–Crippen MR) is 148 cm³/mol. The van der Waals surface area contributed by atoms with Crippen molar-refractivity contribution in [2.24, 2.45) is 0 Å². The van der Waals surface area contributed by atoms with E-state index in [0.29, 0.717) is 19.8 Å². The molecule has 1 N–H and O–H groups in total. The molecule has 0 aromatic heterocycles. The summed E-state index contributed by atoms with van der Waals surface area (Å²) in [4.78, 5) is 14.8. The molecule has 0 aliphatic heterocycles. The molecule has 0 amide bonds. The SMILES string of the molecule is CCOC(=O)[C@H](C)NC[C@H](CCO[Si](C)(C)C(C)(C)C)N(Cc1ccccc1)Cc1ccccc1. The lowest BCUT2D eigenvalue weighted by Gasteiger charge is -2.38. The van der Waals surface area contributed by atoms with Crippen molar-refractivity contribution in [1.82, 2.24) is 10.2 Å². The molecule has 0 unspecified atom stereocenters. The van der Waals surface area contributed by atoms with E-state index in [0.717, 1.165) is 19.5 Å². The van der Waals surface area contributed by atoms with E-state index in [1.165, 1.54) is 11.1 Å². The summed E-state index contributed by atoms with van der Waals surface area (Å²) in [5.41, 5.74) is 2.55. The van der Waals surface area contributed by atoms with Gasteiger partial charge in [0.2, 0.25) is 0 Å². The van der Waals surface area contributed by atoms with Gasteiger partial charge in [-0.1, -0.05) is 81.4 Å². The number of nitrogens with one attached hydrogen (secondary N) is 1. The van der Waals surface area contributed by atoms with Crippen molar-refractivity contribution in [3.63, 3.8) is 0 Å². The zero-order valence-corrected chi connectivity index (χ0v) is 23.8. The number of hydrogen-bond donors (Lipinski definition) is 1. The number of hydrogen-bond acceptors (Lipinski definition) is 5. The molecule has 2 rings (SSSR count). The molecule has 2 aromatic rings. The van der Waals surface area contributed by atoms with Crippen LogP contribution in [-0.2, 0) is 27.0 Å². The Labute approximate surface area is 214 Å². The van der Waals surface area contributed by atoms with Crippen molar-refractivity contribution in [2.75, 3.05) is 19.8 Å². The molecular formula is C29H46N2O3Si. The molecule has 35 heavy (non-hydrogen) atoms. The minimum absolute atomic E-state index is 0.174. The summed E-state index contributed by atoms with van der Waals surface area (Å²) in [5, 5.41) is 3.61. The van der Waals surface area contributed by atoms with Gasteiger partial charge in [-0.2, -0.15) is 0 Å². The summed E-state index contributed by atoms with van der Waals surface area (Å²) < 4.78 is 11.8. The normalized spacial score (nSPS) is 14.1. The Morgan fingerprint density at radius 2 is 1.49 bits per heavy atom. The number of carbonyl (C=O) groups is 1. The largest absolute Gasteiger partial charge is 0.465 e. The van der Waals surface area contributed by atoms with Crippen LogP contribution in [0.3, 0.4) is 0 Å². The van der Waals surface area contributed by atoms with E-state index in [4.69, 9.17) is 9.16 Å². The van der Waals surface area contributed by atoms with Gasteiger partial charge >= 0.3 is 5.97 Å². The van der Waals surface area contributed by atoms with E-state index >= 15 is 0 Å². The maximum atomic E-state index is 12.2. The Balaban J connectivity index is 2.23. The standard InChI is InChI=1S/C29H46N2O3Si/c1-8-33-28(32)24(2)30-21-27(19-20-34-35(6,7)29(3,4)5)31(22-25-15-11-9-12-16-25)23-26-17-13-10-14-18-26/h9-18,24,27,30H,8,19-23H2,1-7H3/t24-,27-/m0/s1. The first-order chi connectivity index (χ1) is 16.5. The van der Waals surface area contributed by atoms with Crippen molar-refractivity contribution in [3.8, 4) is 0 Å². The predicted octanol–water partition coefficient (Wildman–Crippen LogP) is 6.01. The molecular weight excluding hydrogens is 452 g/mol. The first-order valence-electron chi connectivity index (χ1n) is 12.9. The van der Waals surface area contributed by atoms with Crippen molar-refractivity contribution >= 4 is 14.3 Å². The summed E-state index contributed by atoms with van der Waals surface area (Å²) in [6.45, 7) is 18.6. The van der Waals surface area contributed by atoms with Crippen LogP contribution in [0.1, 0.15) is 52.2 Å². The fourth-order valence-corrected chi connectivity index (χ4v) is 4.75. The third-order valence-electron chi connectivity index (χ3n) is 6.99. The monoisotopic (exact) mass is 498 g/mol. The third kappa shape index (κ3) is 9.88. The lowest BCUT2D eigenvalue weighted by molar-refractivity contribution is -0.145. The molecule has 0 bridgehead atoms. The highest BCUT2D eigenvalue weighted by Crippen LogP contribution is 2.36. The van der Waals surface area contributed by atoms with Crippen LogP contribution in [0, 0.1) is 0 Å². The van der Waals surface area contributed by atoms with Crippen LogP contribution >= 0.6 is 0 Å². The van der Waals surface area contributed by atoms with Gasteiger partial charge in [-0.25, -0.2) is 0 Å². The molecule has 0 saturated carbocycles. The van der Waals surface area contributed by atoms with E-state index in [2.05, 4.69) is 105 Å². The Bertz CT molecular complexity index is 827. The average molecular weight is 499 g/mol. The number of carbonyl (C=O) groups excluding carboxylic acids is 1. The van der Waals surface area contributed by atoms with Crippen molar-refractivity contribution in [3.05, 3.63) is 71.8 Å². The third-order valence-corrected chi connectivity index (χ3v) is 11.5. The van der Waals surface area contributed by atoms with E-state index in [1.54, 1.807) is 0 Å². The first-order valence-corrected chi connectivity index (χ1v) is 15.8. The van der Waals surface area contributed by atoms with Crippen LogP contribution in [0.25, 0.3) is 0 Å². The van der Waals surface area contributed by atoms with E-state index < -0.39 is 8.32 Å². The van der Waals surface area contributed by atoms with Crippen LogP contribution < -0.4 is 5.32 Å². The molecule has 0 spiro atoms. The van der Waals surface area contributed by atoms with Gasteiger partial charge in [0.15, 0.2) is 8.32 Å².